The number of guanidine groups is 1. The molecule has 0 aromatic rings. The van der Waals surface area contributed by atoms with Gasteiger partial charge in [-0.25, -0.2) is 4.79 Å². The third kappa shape index (κ3) is 10.0. The molecule has 0 saturated carbocycles. The number of carboxylic acid groups (broad SMARTS) is 1. The molecular formula is C17H33N7O6. The summed E-state index contributed by atoms with van der Waals surface area (Å²) in [5.41, 5.74) is 15.6. The van der Waals surface area contributed by atoms with Crippen LogP contribution in [0.4, 0.5) is 0 Å². The Morgan fingerprint density at radius 3 is 2.10 bits per heavy atom. The van der Waals surface area contributed by atoms with Crippen LogP contribution in [0.5, 0.6) is 0 Å². The Labute approximate surface area is 174 Å². The van der Waals surface area contributed by atoms with Gasteiger partial charge in [-0.1, -0.05) is 20.3 Å². The second-order valence-electron chi connectivity index (χ2n) is 6.73. The number of aliphatic hydroxyl groups is 1. The molecule has 0 aliphatic heterocycles. The quantitative estimate of drug-likeness (QED) is 0.0775. The predicted molar refractivity (Wildman–Crippen MR) is 109 cm³/mol. The van der Waals surface area contributed by atoms with E-state index in [1.165, 1.54) is 0 Å². The van der Waals surface area contributed by atoms with Gasteiger partial charge in [-0.05, 0) is 18.8 Å². The maximum atomic E-state index is 12.6. The van der Waals surface area contributed by atoms with Crippen molar-refractivity contribution in [2.75, 3.05) is 19.7 Å². The molecule has 172 valence electrons. The lowest BCUT2D eigenvalue weighted by Gasteiger charge is -2.26. The second kappa shape index (κ2) is 14.1. The van der Waals surface area contributed by atoms with Crippen molar-refractivity contribution in [3.8, 4) is 0 Å². The van der Waals surface area contributed by atoms with E-state index in [-0.39, 0.29) is 37.8 Å². The number of nitrogens with one attached hydrogen (secondary N) is 3. The number of carbonyl (C=O) groups excluding carboxylic acids is 3. The molecule has 11 N–H and O–H groups in total. The average molecular weight is 431 g/mol. The van der Waals surface area contributed by atoms with Gasteiger partial charge in [0.25, 0.3) is 0 Å². The Morgan fingerprint density at radius 1 is 1.03 bits per heavy atom. The van der Waals surface area contributed by atoms with Crippen LogP contribution in [0.25, 0.3) is 0 Å². The van der Waals surface area contributed by atoms with Gasteiger partial charge in [-0.3, -0.25) is 19.4 Å². The number of rotatable bonds is 14. The molecule has 3 amide bonds. The van der Waals surface area contributed by atoms with Crippen LogP contribution in [0.3, 0.4) is 0 Å². The lowest BCUT2D eigenvalue weighted by molar-refractivity contribution is -0.142. The fourth-order valence-electron chi connectivity index (χ4n) is 2.42. The number of nitrogens with two attached hydrogens (primary N) is 3. The van der Waals surface area contributed by atoms with Gasteiger partial charge in [0.05, 0.1) is 13.2 Å². The summed E-state index contributed by atoms with van der Waals surface area (Å²) in [5, 5.41) is 25.8. The van der Waals surface area contributed by atoms with Gasteiger partial charge in [0.2, 0.25) is 17.7 Å². The summed E-state index contributed by atoms with van der Waals surface area (Å²) in [6.45, 7) is 2.64. The second-order valence-corrected chi connectivity index (χ2v) is 6.73. The van der Waals surface area contributed by atoms with Crippen molar-refractivity contribution in [3.05, 3.63) is 0 Å². The van der Waals surface area contributed by atoms with E-state index in [0.29, 0.717) is 6.42 Å². The molecule has 13 nitrogen and oxygen atoms in total. The largest absolute Gasteiger partial charge is 0.480 e. The molecule has 0 aromatic heterocycles. The maximum absolute atomic E-state index is 12.6. The minimum absolute atomic E-state index is 0.0337. The van der Waals surface area contributed by atoms with Crippen LogP contribution in [0.1, 0.15) is 33.1 Å². The number of carbonyl (C=O) groups is 4. The van der Waals surface area contributed by atoms with Crippen molar-refractivity contribution in [2.24, 2.45) is 28.1 Å². The van der Waals surface area contributed by atoms with Crippen molar-refractivity contribution in [1.29, 1.82) is 0 Å². The molecular weight excluding hydrogens is 398 g/mol. The Kier molecular flexibility index (Phi) is 12.7. The average Bonchev–Trinajstić information content (AvgIpc) is 2.70. The topological polar surface area (TPSA) is 235 Å². The molecule has 0 aliphatic carbocycles. The number of aliphatic imine (C=N–C) groups is 1. The minimum atomic E-state index is -1.40. The number of nitrogens with zero attached hydrogens (tertiary/aromatic N) is 1. The fraction of sp³-hybridized carbons (Fsp3) is 0.706. The van der Waals surface area contributed by atoms with Crippen LogP contribution in [0.2, 0.25) is 0 Å². The normalized spacial score (nSPS) is 14.5. The van der Waals surface area contributed by atoms with Crippen LogP contribution in [-0.2, 0) is 19.2 Å². The fourth-order valence-corrected chi connectivity index (χ4v) is 2.42. The first-order valence-electron chi connectivity index (χ1n) is 9.56. The van der Waals surface area contributed by atoms with E-state index < -0.39 is 48.4 Å². The number of hydrogen-bond donors (Lipinski definition) is 8. The van der Waals surface area contributed by atoms with Crippen LogP contribution in [0, 0.1) is 5.92 Å². The number of hydrogen-bond acceptors (Lipinski definition) is 7. The van der Waals surface area contributed by atoms with Gasteiger partial charge < -0.3 is 43.4 Å². The standard InChI is InChI=1S/C17H33N7O6/c1-3-9(2)13(24-12(26)7-18)15(28)23-11(8-25)14(27)22-10(16(29)30)5-4-6-21-17(19)20/h9-11,13,25H,3-8,18H2,1-2H3,(H,22,27)(H,23,28)(H,24,26)(H,29,30)(H4,19,20,21). The summed E-state index contributed by atoms with van der Waals surface area (Å²) >= 11 is 0. The maximum Gasteiger partial charge on any atom is 0.326 e. The van der Waals surface area contributed by atoms with Crippen molar-refractivity contribution in [1.82, 2.24) is 16.0 Å². The molecule has 0 rings (SSSR count). The Balaban J connectivity index is 5.06. The van der Waals surface area contributed by atoms with Crippen molar-refractivity contribution < 1.29 is 29.4 Å². The molecule has 0 heterocycles. The van der Waals surface area contributed by atoms with E-state index in [2.05, 4.69) is 20.9 Å². The summed E-state index contributed by atoms with van der Waals surface area (Å²) in [7, 11) is 0. The Morgan fingerprint density at radius 2 is 1.63 bits per heavy atom. The van der Waals surface area contributed by atoms with Gasteiger partial charge in [-0.15, -0.1) is 0 Å². The van der Waals surface area contributed by atoms with E-state index in [1.807, 2.05) is 6.92 Å². The molecule has 0 bridgehead atoms. The summed E-state index contributed by atoms with van der Waals surface area (Å²) in [4.78, 5) is 51.6. The highest BCUT2D eigenvalue weighted by atomic mass is 16.4. The van der Waals surface area contributed by atoms with Gasteiger partial charge in [-0.2, -0.15) is 0 Å². The first-order chi connectivity index (χ1) is 14.1. The van der Waals surface area contributed by atoms with E-state index >= 15 is 0 Å². The zero-order valence-corrected chi connectivity index (χ0v) is 17.3. The van der Waals surface area contributed by atoms with Crippen LogP contribution in [0.15, 0.2) is 4.99 Å². The van der Waals surface area contributed by atoms with E-state index in [0.717, 1.165) is 0 Å². The first kappa shape index (κ1) is 27.1. The molecule has 0 spiro atoms. The minimum Gasteiger partial charge on any atom is -0.480 e. The molecule has 0 aromatic carbocycles. The highest BCUT2D eigenvalue weighted by molar-refractivity contribution is 5.93. The summed E-state index contributed by atoms with van der Waals surface area (Å²) in [6.07, 6.45) is 0.869. The first-order valence-corrected chi connectivity index (χ1v) is 9.56. The lowest BCUT2D eigenvalue weighted by Crippen LogP contribution is -2.58. The van der Waals surface area contributed by atoms with E-state index in [9.17, 15) is 29.4 Å². The third-order valence-corrected chi connectivity index (χ3v) is 4.37. The van der Waals surface area contributed by atoms with Gasteiger partial charge in [0, 0.05) is 6.54 Å². The molecule has 0 radical (unpaired) electrons. The van der Waals surface area contributed by atoms with Crippen LogP contribution >= 0.6 is 0 Å². The Hall–Kier alpha value is -2.93. The summed E-state index contributed by atoms with van der Waals surface area (Å²) in [5.74, 6) is -3.82. The predicted octanol–water partition coefficient (Wildman–Crippen LogP) is -3.42. The smallest absolute Gasteiger partial charge is 0.326 e. The van der Waals surface area contributed by atoms with Crippen LogP contribution in [-0.4, -0.2) is 77.7 Å². The number of aliphatic hydroxyl groups excluding tert-OH is 1. The number of carboxylic acids is 1. The highest BCUT2D eigenvalue weighted by Gasteiger charge is 2.31. The van der Waals surface area contributed by atoms with Crippen molar-refractivity contribution in [3.63, 3.8) is 0 Å². The molecule has 0 fully saturated rings. The molecule has 13 heteroatoms. The van der Waals surface area contributed by atoms with Crippen molar-refractivity contribution in [2.45, 2.75) is 51.2 Å². The zero-order valence-electron chi connectivity index (χ0n) is 17.3. The van der Waals surface area contributed by atoms with Crippen molar-refractivity contribution >= 4 is 29.7 Å². The third-order valence-electron chi connectivity index (χ3n) is 4.37. The SMILES string of the molecule is CCC(C)C(NC(=O)CN)C(=O)NC(CO)C(=O)NC(CCCN=C(N)N)C(=O)O. The van der Waals surface area contributed by atoms with Gasteiger partial charge >= 0.3 is 5.97 Å². The molecule has 30 heavy (non-hydrogen) atoms. The highest BCUT2D eigenvalue weighted by Crippen LogP contribution is 2.08. The van der Waals surface area contributed by atoms with E-state index in [4.69, 9.17) is 17.2 Å². The van der Waals surface area contributed by atoms with Gasteiger partial charge in [0.15, 0.2) is 5.96 Å². The molecule has 4 unspecified atom stereocenters. The number of aliphatic carboxylic acids is 1. The van der Waals surface area contributed by atoms with Gasteiger partial charge in [0.1, 0.15) is 18.1 Å². The number of amides is 3. The monoisotopic (exact) mass is 431 g/mol. The van der Waals surface area contributed by atoms with Crippen LogP contribution < -0.4 is 33.2 Å². The lowest BCUT2D eigenvalue weighted by atomic mass is 9.98. The molecule has 0 aliphatic rings. The molecule has 4 atom stereocenters. The zero-order chi connectivity index (χ0) is 23.3. The summed E-state index contributed by atoms with van der Waals surface area (Å²) in [6, 6.07) is -3.64. The summed E-state index contributed by atoms with van der Waals surface area (Å²) < 4.78 is 0. The molecule has 0 saturated heterocycles. The Bertz CT molecular complexity index is 624. The van der Waals surface area contributed by atoms with E-state index in [1.54, 1.807) is 6.92 Å².